The van der Waals surface area contributed by atoms with E-state index in [0.29, 0.717) is 48.6 Å². The first kappa shape index (κ1) is 56.2. The third kappa shape index (κ3) is 12.1. The number of esters is 1. The molecule has 8 rings (SSSR count). The zero-order chi connectivity index (χ0) is 54.0. The van der Waals surface area contributed by atoms with Crippen molar-refractivity contribution in [2.24, 2.45) is 11.8 Å². The molecule has 3 unspecified atom stereocenters. The molecular weight excluding hydrogens is 1010 g/mol. The predicted molar refractivity (Wildman–Crippen MR) is 266 cm³/mol. The SMILES string of the molecule is COc1cc2cc(c1Cl)N(C)C(=O)C[C@H](OC(=O)C(C)N(C)C(=O)CCSC1CC(=O)N(CC3CCC(C(=O)ON4C(=O)CCC4=O)CC3)C1=O)[C@@]1(C)CC(C)(O1)[C@@H]1C[C@@](O)(NC(=O)O1)[C@H](OC)/C=C/C=C(\C)C2. The molecule has 7 amide bonds. The van der Waals surface area contributed by atoms with E-state index in [2.05, 4.69) is 5.32 Å². The van der Waals surface area contributed by atoms with Gasteiger partial charge in [0.25, 0.3) is 11.8 Å². The van der Waals surface area contributed by atoms with Gasteiger partial charge < -0.3 is 43.4 Å². The molecule has 6 aliphatic heterocycles. The number of anilines is 1. The van der Waals surface area contributed by atoms with E-state index in [1.54, 1.807) is 38.1 Å². The van der Waals surface area contributed by atoms with Gasteiger partial charge in [0.2, 0.25) is 23.6 Å². The van der Waals surface area contributed by atoms with Crippen LogP contribution in [-0.2, 0) is 68.6 Å². The van der Waals surface area contributed by atoms with E-state index in [9.17, 15) is 48.3 Å². The number of halogens is 1. The summed E-state index contributed by atoms with van der Waals surface area (Å²) in [6.45, 7) is 6.90. The van der Waals surface area contributed by atoms with E-state index in [1.165, 1.54) is 61.7 Å². The van der Waals surface area contributed by atoms with Gasteiger partial charge in [-0.05, 0) is 83.4 Å². The maximum Gasteiger partial charge on any atom is 0.409 e. The minimum Gasteiger partial charge on any atom is -0.495 e. The van der Waals surface area contributed by atoms with E-state index < -0.39 is 101 Å². The number of likely N-dealkylation sites (N-methyl/N-ethyl adjacent to an activating group) is 1. The highest BCUT2D eigenvalue weighted by Crippen LogP contribution is 2.51. The van der Waals surface area contributed by atoms with Crippen LogP contribution in [0.3, 0.4) is 0 Å². The van der Waals surface area contributed by atoms with Gasteiger partial charge in [-0.3, -0.25) is 39.0 Å². The number of aliphatic hydroxyl groups is 1. The van der Waals surface area contributed by atoms with Crippen LogP contribution in [0.25, 0.3) is 0 Å². The van der Waals surface area contributed by atoms with Crippen molar-refractivity contribution in [3.8, 4) is 5.75 Å². The van der Waals surface area contributed by atoms with Crippen LogP contribution < -0.4 is 15.0 Å². The summed E-state index contributed by atoms with van der Waals surface area (Å²) < 4.78 is 29.7. The molecule has 0 aromatic heterocycles. The Balaban J connectivity index is 0.986. The molecular formula is C51H66ClN5O16S. The number of carbonyl (C=O) groups is 9. The summed E-state index contributed by atoms with van der Waals surface area (Å²) in [5.74, 6) is -4.34. The first-order valence-corrected chi connectivity index (χ1v) is 26.2. The van der Waals surface area contributed by atoms with E-state index in [0.717, 1.165) is 11.1 Å². The molecule has 2 N–H and O–H groups in total. The first-order chi connectivity index (χ1) is 34.9. The molecule has 1 saturated carbocycles. The molecule has 404 valence electrons. The number of ether oxygens (including phenoxy) is 5. The van der Waals surface area contributed by atoms with Gasteiger partial charge in [0.05, 0.1) is 30.4 Å². The zero-order valence-electron chi connectivity index (χ0n) is 43.0. The van der Waals surface area contributed by atoms with Gasteiger partial charge in [-0.1, -0.05) is 35.4 Å². The molecule has 7 aliphatic rings. The molecule has 5 fully saturated rings. The number of alkyl carbamates (subject to hydrolysis) is 1. The second-order valence-corrected chi connectivity index (χ2v) is 22.2. The van der Waals surface area contributed by atoms with Crippen molar-refractivity contribution in [1.82, 2.24) is 20.2 Å². The van der Waals surface area contributed by atoms with Crippen LogP contribution in [-0.4, -0.2) is 161 Å². The Morgan fingerprint density at radius 1 is 0.986 bits per heavy atom. The number of nitrogens with zero attached hydrogens (tertiary/aromatic N) is 4. The van der Waals surface area contributed by atoms with Crippen molar-refractivity contribution < 1.29 is 76.8 Å². The van der Waals surface area contributed by atoms with Crippen LogP contribution in [0.5, 0.6) is 5.75 Å². The Labute approximate surface area is 438 Å². The smallest absolute Gasteiger partial charge is 0.409 e. The lowest BCUT2D eigenvalue weighted by atomic mass is 9.72. The normalized spacial score (nSPS) is 32.2. The topological polar surface area (TPSA) is 254 Å². The number of methoxy groups -OCH3 is 2. The molecule has 21 nitrogen and oxygen atoms in total. The maximum atomic E-state index is 14.4. The van der Waals surface area contributed by atoms with Gasteiger partial charge in [0.1, 0.15) is 46.3 Å². The number of rotatable bonds is 13. The second kappa shape index (κ2) is 22.7. The summed E-state index contributed by atoms with van der Waals surface area (Å²) >= 11 is 7.98. The molecule has 0 spiro atoms. The lowest BCUT2D eigenvalue weighted by Gasteiger charge is -2.59. The number of carbonyl (C=O) groups excluding carboxylic acids is 9. The fraction of sp³-hybridized carbons (Fsp3) is 0.627. The van der Waals surface area contributed by atoms with Crippen LogP contribution in [0, 0.1) is 11.8 Å². The number of hydroxylamine groups is 2. The summed E-state index contributed by atoms with van der Waals surface area (Å²) in [5.41, 5.74) is -2.53. The number of thioether (sulfide) groups is 1. The monoisotopic (exact) mass is 1070 g/mol. The van der Waals surface area contributed by atoms with Crippen molar-refractivity contribution >= 4 is 82.5 Å². The van der Waals surface area contributed by atoms with Gasteiger partial charge in [-0.25, -0.2) is 14.4 Å². The van der Waals surface area contributed by atoms with Gasteiger partial charge >= 0.3 is 18.0 Å². The molecule has 23 heteroatoms. The number of imide groups is 2. The molecule has 1 aromatic carbocycles. The van der Waals surface area contributed by atoms with E-state index in [1.807, 2.05) is 13.0 Å². The Hall–Kier alpha value is -5.55. The van der Waals surface area contributed by atoms with Crippen LogP contribution in [0.15, 0.2) is 35.9 Å². The number of hydrogen-bond acceptors (Lipinski definition) is 17. The third-order valence-corrected chi connectivity index (χ3v) is 16.7. The van der Waals surface area contributed by atoms with E-state index in [4.69, 9.17) is 40.1 Å². The van der Waals surface area contributed by atoms with Crippen LogP contribution in [0.1, 0.15) is 104 Å². The van der Waals surface area contributed by atoms with Crippen molar-refractivity contribution in [3.05, 3.63) is 46.5 Å². The number of amides is 7. The number of allylic oxidation sites excluding steroid dienone is 3. The summed E-state index contributed by atoms with van der Waals surface area (Å²) in [4.78, 5) is 127. The minimum absolute atomic E-state index is 0.00255. The van der Waals surface area contributed by atoms with Crippen LogP contribution >= 0.6 is 23.4 Å². The summed E-state index contributed by atoms with van der Waals surface area (Å²) in [7, 11) is 5.83. The van der Waals surface area contributed by atoms with Crippen molar-refractivity contribution in [2.45, 2.75) is 151 Å². The number of nitrogens with one attached hydrogen (secondary N) is 1. The number of hydrogen-bond donors (Lipinski definition) is 2. The number of likely N-dealkylation sites (tertiary alicyclic amines) is 1. The number of benzene rings is 1. The van der Waals surface area contributed by atoms with Crippen molar-refractivity contribution in [1.29, 1.82) is 0 Å². The molecule has 6 heterocycles. The minimum atomic E-state index is -1.92. The highest BCUT2D eigenvalue weighted by Gasteiger charge is 2.63. The quantitative estimate of drug-likeness (QED) is 0.206. The third-order valence-electron chi connectivity index (χ3n) is 15.1. The lowest BCUT2D eigenvalue weighted by molar-refractivity contribution is -0.328. The van der Waals surface area contributed by atoms with E-state index in [-0.39, 0.29) is 73.6 Å². The van der Waals surface area contributed by atoms with E-state index >= 15 is 0 Å². The second-order valence-electron chi connectivity index (χ2n) is 20.5. The fourth-order valence-electron chi connectivity index (χ4n) is 10.6. The Morgan fingerprint density at radius 3 is 2.31 bits per heavy atom. The average molecular weight is 1070 g/mol. The largest absolute Gasteiger partial charge is 0.495 e. The maximum absolute atomic E-state index is 14.4. The summed E-state index contributed by atoms with van der Waals surface area (Å²) in [6.07, 6.45) is 2.65. The standard InChI is InChI=1S/C51H66ClN5O16S/c1-28-10-9-11-36(69-8)51(67)25-38(71-48(66)53-51)50(4)27-49(3,73-50)37(24-42(61)55(6)33-21-31(20-28)22-34(68-7)44(33)52)70-46(64)29(2)54(5)39(58)18-19-74-35-23-43(62)56(45(35)63)26-30-12-14-32(15-13-30)47(65)72-57-40(59)16-17-41(57)60/h9-11,21-22,29-30,32,35-38,67H,12-20,23-27H2,1-8H3,(H,53,66)/b11-9+,28-10+/t29?,30?,32?,35?,36-,37+,38+,49-,50?,51+/m1/s1. The van der Waals surface area contributed by atoms with Crippen LogP contribution in [0.4, 0.5) is 10.5 Å². The molecule has 8 atom stereocenters. The Morgan fingerprint density at radius 2 is 1.66 bits per heavy atom. The van der Waals surface area contributed by atoms with Gasteiger partial charge in [0, 0.05) is 72.0 Å². The Bertz CT molecular complexity index is 2470. The van der Waals surface area contributed by atoms with Crippen molar-refractivity contribution in [3.63, 3.8) is 0 Å². The predicted octanol–water partition coefficient (Wildman–Crippen LogP) is 4.32. The molecule has 0 radical (unpaired) electrons. The molecule has 6 bridgehead atoms. The highest BCUT2D eigenvalue weighted by molar-refractivity contribution is 8.00. The molecule has 1 aromatic rings. The molecule has 4 saturated heterocycles. The van der Waals surface area contributed by atoms with Gasteiger partial charge in [-0.2, -0.15) is 0 Å². The van der Waals surface area contributed by atoms with Gasteiger partial charge in [-0.15, -0.1) is 16.8 Å². The summed E-state index contributed by atoms with van der Waals surface area (Å²) in [6, 6.07) is 2.36. The first-order valence-electron chi connectivity index (χ1n) is 24.8. The lowest BCUT2D eigenvalue weighted by Crippen LogP contribution is -2.72. The Kier molecular flexibility index (Phi) is 17.3. The zero-order valence-corrected chi connectivity index (χ0v) is 44.5. The van der Waals surface area contributed by atoms with Crippen LogP contribution in [0.2, 0.25) is 5.02 Å². The van der Waals surface area contributed by atoms with Crippen molar-refractivity contribution in [2.75, 3.05) is 45.5 Å². The highest BCUT2D eigenvalue weighted by atomic mass is 35.5. The molecule has 74 heavy (non-hydrogen) atoms. The number of fused-ring (bicyclic) bond motifs is 6. The molecule has 1 aliphatic carbocycles. The fourth-order valence-corrected chi connectivity index (χ4v) is 12.0. The summed E-state index contributed by atoms with van der Waals surface area (Å²) in [5, 5.41) is 14.4. The van der Waals surface area contributed by atoms with Gasteiger partial charge in [0.15, 0.2) is 5.72 Å². The average Bonchev–Trinajstić information content (AvgIpc) is 3.80.